The van der Waals surface area contributed by atoms with Crippen LogP contribution in [0.15, 0.2) is 0 Å². The highest BCUT2D eigenvalue weighted by Crippen LogP contribution is 2.13. The molecule has 0 aromatic rings. The summed E-state index contributed by atoms with van der Waals surface area (Å²) in [6.07, 6.45) is 2.05. The number of hydrogen-bond acceptors (Lipinski definition) is 4. The lowest BCUT2D eigenvalue weighted by Crippen LogP contribution is -2.44. The second-order valence-electron chi connectivity index (χ2n) is 5.80. The highest BCUT2D eigenvalue weighted by atomic mass is 32.2. The van der Waals surface area contributed by atoms with Gasteiger partial charge in [-0.25, -0.2) is 8.42 Å². The zero-order chi connectivity index (χ0) is 13.9. The second kappa shape index (κ2) is 5.35. The van der Waals surface area contributed by atoms with E-state index in [1.807, 2.05) is 13.8 Å². The number of nitrogens with one attached hydrogen (secondary N) is 1. The first kappa shape index (κ1) is 16.4. The molecule has 0 aliphatic carbocycles. The minimum atomic E-state index is -3.18. The molecule has 0 radical (unpaired) electrons. The van der Waals surface area contributed by atoms with Crippen LogP contribution in [0.4, 0.5) is 0 Å². The summed E-state index contributed by atoms with van der Waals surface area (Å²) in [6, 6.07) is 0. The first-order chi connectivity index (χ1) is 7.35. The Bertz CT molecular complexity index is 367. The van der Waals surface area contributed by atoms with Crippen molar-refractivity contribution in [3.8, 4) is 0 Å². The highest BCUT2D eigenvalue weighted by Gasteiger charge is 2.30. The predicted molar refractivity (Wildman–Crippen MR) is 69.4 cm³/mol. The van der Waals surface area contributed by atoms with Gasteiger partial charge in [0.05, 0.1) is 4.75 Å². The van der Waals surface area contributed by atoms with E-state index in [0.717, 1.165) is 0 Å². The van der Waals surface area contributed by atoms with E-state index < -0.39 is 14.6 Å². The molecule has 0 aromatic heterocycles. The molecular formula is C11H24N2O3S. The first-order valence-electron chi connectivity index (χ1n) is 5.60. The molecule has 102 valence electrons. The summed E-state index contributed by atoms with van der Waals surface area (Å²) in [7, 11) is -3.18. The molecule has 0 bridgehead atoms. The van der Waals surface area contributed by atoms with Crippen LogP contribution in [0.3, 0.4) is 0 Å². The quantitative estimate of drug-likeness (QED) is 0.728. The van der Waals surface area contributed by atoms with Crippen molar-refractivity contribution in [2.24, 2.45) is 5.73 Å². The maximum Gasteiger partial charge on any atom is 0.220 e. The minimum Gasteiger partial charge on any atom is -0.355 e. The smallest absolute Gasteiger partial charge is 0.220 e. The van der Waals surface area contributed by atoms with Gasteiger partial charge in [0.15, 0.2) is 9.84 Å². The van der Waals surface area contributed by atoms with Gasteiger partial charge in [-0.2, -0.15) is 0 Å². The number of sulfone groups is 1. The molecule has 0 aliphatic heterocycles. The lowest BCUT2D eigenvalue weighted by atomic mass is 10.00. The summed E-state index contributed by atoms with van der Waals surface area (Å²) >= 11 is 0. The molecule has 0 unspecified atom stereocenters. The molecule has 1 amide bonds. The maximum atomic E-state index is 11.5. The number of carbonyl (C=O) groups excluding carboxylic acids is 1. The lowest BCUT2D eigenvalue weighted by Gasteiger charge is -2.23. The molecule has 0 fully saturated rings. The Hall–Kier alpha value is -0.620. The van der Waals surface area contributed by atoms with E-state index in [4.69, 9.17) is 5.73 Å². The van der Waals surface area contributed by atoms with Crippen LogP contribution in [0.1, 0.15) is 40.5 Å². The Labute approximate surface area is 104 Å². The summed E-state index contributed by atoms with van der Waals surface area (Å²) in [5, 5.41) is 2.63. The van der Waals surface area contributed by atoms with E-state index in [9.17, 15) is 13.2 Å². The third kappa shape index (κ3) is 6.63. The molecule has 0 saturated heterocycles. The fourth-order valence-corrected chi connectivity index (χ4v) is 1.30. The van der Waals surface area contributed by atoms with Crippen LogP contribution >= 0.6 is 0 Å². The molecule has 0 aliphatic rings. The molecule has 0 saturated carbocycles. The summed E-state index contributed by atoms with van der Waals surface area (Å²) in [5.74, 6) is -0.166. The van der Waals surface area contributed by atoms with Gasteiger partial charge in [0.1, 0.15) is 0 Å². The Morgan fingerprint density at radius 2 is 1.71 bits per heavy atom. The van der Waals surface area contributed by atoms with Crippen LogP contribution in [-0.2, 0) is 14.6 Å². The Morgan fingerprint density at radius 3 is 2.06 bits per heavy atom. The summed E-state index contributed by atoms with van der Waals surface area (Å²) < 4.78 is 21.9. The van der Waals surface area contributed by atoms with Gasteiger partial charge in [-0.15, -0.1) is 0 Å². The lowest BCUT2D eigenvalue weighted by molar-refractivity contribution is -0.121. The number of amides is 1. The normalized spacial score (nSPS) is 13.5. The van der Waals surface area contributed by atoms with Crippen LogP contribution in [0.25, 0.3) is 0 Å². The van der Waals surface area contributed by atoms with Crippen LogP contribution in [0.2, 0.25) is 0 Å². The van der Waals surface area contributed by atoms with E-state index in [-0.39, 0.29) is 18.0 Å². The molecule has 3 N–H and O–H groups in total. The van der Waals surface area contributed by atoms with E-state index in [1.165, 1.54) is 6.26 Å². The number of carbonyl (C=O) groups is 1. The van der Waals surface area contributed by atoms with Crippen LogP contribution in [0, 0.1) is 0 Å². The van der Waals surface area contributed by atoms with Crippen molar-refractivity contribution >= 4 is 15.7 Å². The molecule has 6 heteroatoms. The molecular weight excluding hydrogens is 240 g/mol. The minimum absolute atomic E-state index is 0.121. The van der Waals surface area contributed by atoms with Gasteiger partial charge in [0.2, 0.25) is 5.91 Å². The van der Waals surface area contributed by atoms with Gasteiger partial charge in [-0.3, -0.25) is 4.79 Å². The van der Waals surface area contributed by atoms with Crippen LogP contribution < -0.4 is 11.1 Å². The van der Waals surface area contributed by atoms with E-state index in [0.29, 0.717) is 12.8 Å². The first-order valence-corrected chi connectivity index (χ1v) is 7.49. The fourth-order valence-electron chi connectivity index (χ4n) is 0.967. The number of rotatable bonds is 6. The van der Waals surface area contributed by atoms with Crippen molar-refractivity contribution in [3.63, 3.8) is 0 Å². The van der Waals surface area contributed by atoms with Crippen molar-refractivity contribution in [1.82, 2.24) is 5.32 Å². The number of hydrogen-bond donors (Lipinski definition) is 2. The van der Waals surface area contributed by atoms with Gasteiger partial charge in [0, 0.05) is 24.8 Å². The topological polar surface area (TPSA) is 89.3 Å². The van der Waals surface area contributed by atoms with Crippen LogP contribution in [0.5, 0.6) is 0 Å². The third-order valence-corrected chi connectivity index (χ3v) is 4.86. The Morgan fingerprint density at radius 1 is 1.24 bits per heavy atom. The molecule has 5 nitrogen and oxygen atoms in total. The average molecular weight is 264 g/mol. The van der Waals surface area contributed by atoms with E-state index in [2.05, 4.69) is 5.32 Å². The molecule has 0 spiro atoms. The molecule has 0 rings (SSSR count). The van der Waals surface area contributed by atoms with Gasteiger partial charge in [-0.05, 0) is 34.1 Å². The van der Waals surface area contributed by atoms with Gasteiger partial charge < -0.3 is 11.1 Å². The molecule has 0 aromatic carbocycles. The van der Waals surface area contributed by atoms with E-state index >= 15 is 0 Å². The average Bonchev–Trinajstić information content (AvgIpc) is 2.08. The van der Waals surface area contributed by atoms with Crippen molar-refractivity contribution in [3.05, 3.63) is 0 Å². The molecule has 0 atom stereocenters. The van der Waals surface area contributed by atoms with Crippen LogP contribution in [-0.4, -0.2) is 37.4 Å². The standard InChI is InChI=1S/C11H24N2O3S/c1-10(2,12)7-6-9(14)13-8-11(3,4)17(5,15)16/h6-8,12H2,1-5H3,(H,13,14). The van der Waals surface area contributed by atoms with E-state index in [1.54, 1.807) is 13.8 Å². The van der Waals surface area contributed by atoms with Crippen molar-refractivity contribution in [2.75, 3.05) is 12.8 Å². The van der Waals surface area contributed by atoms with Gasteiger partial charge in [-0.1, -0.05) is 0 Å². The Kier molecular flexibility index (Phi) is 5.16. The van der Waals surface area contributed by atoms with Gasteiger partial charge >= 0.3 is 0 Å². The third-order valence-electron chi connectivity index (χ3n) is 2.71. The largest absolute Gasteiger partial charge is 0.355 e. The zero-order valence-electron chi connectivity index (χ0n) is 11.3. The Balaban J connectivity index is 4.19. The fraction of sp³-hybridized carbons (Fsp3) is 0.909. The number of nitrogens with two attached hydrogens (primary N) is 1. The SMILES string of the molecule is CC(C)(N)CCC(=O)NCC(C)(C)S(C)(=O)=O. The zero-order valence-corrected chi connectivity index (χ0v) is 12.1. The maximum absolute atomic E-state index is 11.5. The highest BCUT2D eigenvalue weighted by molar-refractivity contribution is 7.92. The monoisotopic (exact) mass is 264 g/mol. The molecule has 0 heterocycles. The van der Waals surface area contributed by atoms with Crippen molar-refractivity contribution in [1.29, 1.82) is 0 Å². The second-order valence-corrected chi connectivity index (χ2v) is 8.45. The summed E-state index contributed by atoms with van der Waals surface area (Å²) in [4.78, 5) is 11.5. The predicted octanol–water partition coefficient (Wildman–Crippen LogP) is 0.443. The van der Waals surface area contributed by atoms with Crippen molar-refractivity contribution in [2.45, 2.75) is 50.8 Å². The summed E-state index contributed by atoms with van der Waals surface area (Å²) in [6.45, 7) is 7.00. The summed E-state index contributed by atoms with van der Waals surface area (Å²) in [5.41, 5.74) is 5.37. The molecule has 17 heavy (non-hydrogen) atoms. The van der Waals surface area contributed by atoms with Gasteiger partial charge in [0.25, 0.3) is 0 Å². The van der Waals surface area contributed by atoms with Crippen molar-refractivity contribution < 1.29 is 13.2 Å².